The van der Waals surface area contributed by atoms with E-state index in [-0.39, 0.29) is 4.57 Å². The molecule has 0 spiro atoms. The number of anilines is 1. The highest BCUT2D eigenvalue weighted by atomic mass is 31.3. The summed E-state index contributed by atoms with van der Waals surface area (Å²) in [6.07, 6.45) is -7.96. The molecule has 1 aromatic rings. The number of aliphatic hydroxyl groups is 2. The summed E-state index contributed by atoms with van der Waals surface area (Å²) in [6.45, 7) is -0.937. The summed E-state index contributed by atoms with van der Waals surface area (Å²) in [4.78, 5) is 50.8. The summed E-state index contributed by atoms with van der Waals surface area (Å²) >= 11 is 0. The molecule has 0 radical (unpaired) electrons. The molecule has 22 heteroatoms. The zero-order chi connectivity index (χ0) is 25.6. The van der Waals surface area contributed by atoms with Crippen LogP contribution in [0.4, 0.5) is 14.6 Å². The normalized spacial score (nSPS) is 30.5. The van der Waals surface area contributed by atoms with Gasteiger partial charge in [-0.05, 0) is 6.92 Å². The van der Waals surface area contributed by atoms with Crippen LogP contribution in [-0.4, -0.2) is 69.9 Å². The second kappa shape index (κ2) is 9.47. The molecule has 0 amide bonds. The van der Waals surface area contributed by atoms with Gasteiger partial charge in [-0.1, -0.05) is 0 Å². The van der Waals surface area contributed by atoms with Crippen molar-refractivity contribution < 1.29 is 70.1 Å². The van der Waals surface area contributed by atoms with Crippen LogP contribution in [0.15, 0.2) is 11.0 Å². The van der Waals surface area contributed by atoms with E-state index < -0.39 is 77.6 Å². The molecular formula is C11H18F2N3O14P3. The van der Waals surface area contributed by atoms with Crippen molar-refractivity contribution in [1.29, 1.82) is 0 Å². The number of alkyl halides is 1. The molecule has 2 rings (SSSR count). The Bertz CT molecular complexity index is 1100. The lowest BCUT2D eigenvalue weighted by atomic mass is 9.93. The quantitative estimate of drug-likeness (QED) is 0.176. The first kappa shape index (κ1) is 28.1. The van der Waals surface area contributed by atoms with Crippen molar-refractivity contribution in [2.24, 2.45) is 0 Å². The van der Waals surface area contributed by atoms with Crippen molar-refractivity contribution in [2.75, 3.05) is 12.4 Å². The van der Waals surface area contributed by atoms with E-state index in [1.807, 2.05) is 0 Å². The van der Waals surface area contributed by atoms with Crippen LogP contribution >= 0.6 is 23.5 Å². The Balaban J connectivity index is 2.29. The van der Waals surface area contributed by atoms with Crippen molar-refractivity contribution in [3.63, 3.8) is 0 Å². The highest BCUT2D eigenvalue weighted by Crippen LogP contribution is 2.66. The molecule has 0 aromatic carbocycles. The average Bonchev–Trinajstić information content (AvgIpc) is 2.87. The van der Waals surface area contributed by atoms with Crippen molar-refractivity contribution in [1.82, 2.24) is 9.55 Å². The minimum atomic E-state index is -5.87. The molecule has 8 N–H and O–H groups in total. The molecule has 1 aliphatic rings. The standard InChI is InChI=1S/C11H18F2N3O14P3/c1-4(28-32(23,24)30-33(25,26)29-31(20,21)22)6-7(17)11(19,3-12)9(27-6)16-2-5(13)8(14)15-10(16)18/h2,4,6-7,9,17,19H,3H2,1H3,(H,23,24)(H,25,26)(H2,14,15,18)(H2,20,21,22)/t4-,6+,7-,9+,11?/m0/s1. The summed E-state index contributed by atoms with van der Waals surface area (Å²) in [5.41, 5.74) is 0.842. The number of aliphatic hydroxyl groups excluding tert-OH is 1. The predicted octanol–water partition coefficient (Wildman–Crippen LogP) is -1.34. The van der Waals surface area contributed by atoms with Crippen LogP contribution in [0.25, 0.3) is 0 Å². The van der Waals surface area contributed by atoms with Gasteiger partial charge >= 0.3 is 29.2 Å². The lowest BCUT2D eigenvalue weighted by molar-refractivity contribution is -0.122. The topological polar surface area (TPSA) is 270 Å². The van der Waals surface area contributed by atoms with Gasteiger partial charge in [0, 0.05) is 0 Å². The maximum Gasteiger partial charge on any atom is 0.490 e. The molecule has 17 nitrogen and oxygen atoms in total. The van der Waals surface area contributed by atoms with Crippen molar-refractivity contribution in [3.05, 3.63) is 22.5 Å². The Kier molecular flexibility index (Phi) is 8.05. The molecule has 7 atom stereocenters. The van der Waals surface area contributed by atoms with Gasteiger partial charge in [0.05, 0.1) is 12.3 Å². The van der Waals surface area contributed by atoms with E-state index in [2.05, 4.69) is 18.1 Å². The van der Waals surface area contributed by atoms with Crippen LogP contribution < -0.4 is 11.4 Å². The summed E-state index contributed by atoms with van der Waals surface area (Å²) in [5.74, 6) is -2.12. The SMILES string of the molecule is C[C@H](OP(=O)(O)OP(=O)(O)OP(=O)(O)O)[C@H]1O[C@@H](n2cc(F)c(N)nc2=O)C(O)(CF)[C@H]1O. The molecule has 0 bridgehead atoms. The zero-order valence-corrected chi connectivity index (χ0v) is 18.8. The van der Waals surface area contributed by atoms with Crippen LogP contribution in [0.2, 0.25) is 0 Å². The number of rotatable bonds is 9. The molecule has 1 aliphatic heterocycles. The summed E-state index contributed by atoms with van der Waals surface area (Å²) in [5, 5.41) is 20.8. The number of phosphoric acid groups is 3. The smallest absolute Gasteiger partial charge is 0.387 e. The maximum absolute atomic E-state index is 13.7. The van der Waals surface area contributed by atoms with Crippen LogP contribution in [-0.2, 0) is 31.6 Å². The summed E-state index contributed by atoms with van der Waals surface area (Å²) < 4.78 is 78.3. The van der Waals surface area contributed by atoms with Gasteiger partial charge in [0.15, 0.2) is 23.5 Å². The van der Waals surface area contributed by atoms with Crippen LogP contribution in [0, 0.1) is 5.82 Å². The molecule has 0 aliphatic carbocycles. The number of nitrogen functional groups attached to an aromatic ring is 1. The fraction of sp³-hybridized carbons (Fsp3) is 0.636. The monoisotopic (exact) mass is 547 g/mol. The largest absolute Gasteiger partial charge is 0.490 e. The van der Waals surface area contributed by atoms with Gasteiger partial charge in [-0.2, -0.15) is 13.6 Å². The number of phosphoric ester groups is 1. The van der Waals surface area contributed by atoms with Crippen LogP contribution in [0.5, 0.6) is 0 Å². The van der Waals surface area contributed by atoms with Crippen molar-refractivity contribution in [3.8, 4) is 0 Å². The first-order valence-electron chi connectivity index (χ1n) is 8.30. The fourth-order valence-corrected chi connectivity index (χ4v) is 5.99. The Morgan fingerprint density at radius 1 is 1.27 bits per heavy atom. The molecule has 1 fully saturated rings. The second-order valence-electron chi connectivity index (χ2n) is 6.59. The van der Waals surface area contributed by atoms with Gasteiger partial charge in [-0.25, -0.2) is 27.3 Å². The van der Waals surface area contributed by atoms with E-state index in [0.29, 0.717) is 6.20 Å². The number of hydrogen-bond donors (Lipinski definition) is 7. The number of nitrogens with two attached hydrogens (primary N) is 1. The Morgan fingerprint density at radius 3 is 2.36 bits per heavy atom. The van der Waals surface area contributed by atoms with Gasteiger partial charge < -0.3 is 40.3 Å². The minimum absolute atomic E-state index is 0.242. The highest BCUT2D eigenvalue weighted by Gasteiger charge is 2.59. The van der Waals surface area contributed by atoms with E-state index in [9.17, 15) is 42.4 Å². The molecule has 0 saturated carbocycles. The van der Waals surface area contributed by atoms with Gasteiger partial charge in [-0.3, -0.25) is 9.09 Å². The Morgan fingerprint density at radius 2 is 1.85 bits per heavy atom. The maximum atomic E-state index is 13.7. The highest BCUT2D eigenvalue weighted by molar-refractivity contribution is 7.66. The van der Waals surface area contributed by atoms with E-state index >= 15 is 0 Å². The van der Waals surface area contributed by atoms with Gasteiger partial charge in [0.25, 0.3) is 0 Å². The average molecular weight is 547 g/mol. The Hall–Kier alpha value is -1.17. The molecule has 33 heavy (non-hydrogen) atoms. The van der Waals surface area contributed by atoms with E-state index in [0.717, 1.165) is 6.92 Å². The van der Waals surface area contributed by atoms with E-state index in [1.165, 1.54) is 0 Å². The lowest BCUT2D eigenvalue weighted by Crippen LogP contribution is -2.51. The lowest BCUT2D eigenvalue weighted by Gasteiger charge is -2.29. The molecular weight excluding hydrogens is 529 g/mol. The molecule has 1 saturated heterocycles. The predicted molar refractivity (Wildman–Crippen MR) is 98.1 cm³/mol. The third kappa shape index (κ3) is 6.49. The first-order valence-corrected chi connectivity index (χ1v) is 12.8. The fourth-order valence-electron chi connectivity index (χ4n) is 2.79. The second-order valence-corrected chi connectivity index (χ2v) is 11.0. The number of aromatic nitrogens is 2. The molecule has 2 heterocycles. The molecule has 1 aromatic heterocycles. The molecule has 190 valence electrons. The minimum Gasteiger partial charge on any atom is -0.387 e. The van der Waals surface area contributed by atoms with Gasteiger partial charge in [-0.15, -0.1) is 0 Å². The third-order valence-corrected chi connectivity index (χ3v) is 8.04. The number of hydrogen-bond acceptors (Lipinski definition) is 12. The van der Waals surface area contributed by atoms with Crippen molar-refractivity contribution in [2.45, 2.75) is 37.1 Å². The van der Waals surface area contributed by atoms with Crippen LogP contribution in [0.3, 0.4) is 0 Å². The summed E-state index contributed by atoms with van der Waals surface area (Å²) in [7, 11) is -17.2. The van der Waals surface area contributed by atoms with Crippen LogP contribution in [0.1, 0.15) is 13.2 Å². The summed E-state index contributed by atoms with van der Waals surface area (Å²) in [6, 6.07) is 0. The molecule has 3 unspecified atom stereocenters. The Labute approximate surface area is 181 Å². The van der Waals surface area contributed by atoms with Gasteiger partial charge in [0.1, 0.15) is 18.9 Å². The van der Waals surface area contributed by atoms with Gasteiger partial charge in [0.2, 0.25) is 0 Å². The van der Waals surface area contributed by atoms with E-state index in [1.54, 1.807) is 0 Å². The number of halogens is 2. The first-order chi connectivity index (χ1) is 14.8. The number of nitrogens with zero attached hydrogens (tertiary/aromatic N) is 2. The zero-order valence-electron chi connectivity index (χ0n) is 16.1. The van der Waals surface area contributed by atoms with E-state index in [4.69, 9.17) is 25.2 Å². The number of ether oxygens (including phenoxy) is 1. The third-order valence-electron chi connectivity index (χ3n) is 4.12. The van der Waals surface area contributed by atoms with Crippen molar-refractivity contribution >= 4 is 29.3 Å².